The zero-order chi connectivity index (χ0) is 16.3. The van der Waals surface area contributed by atoms with Crippen molar-refractivity contribution in [2.45, 2.75) is 18.1 Å². The second kappa shape index (κ2) is 6.48. The minimum absolute atomic E-state index is 0.0827. The molecule has 2 atom stereocenters. The fourth-order valence-electron chi connectivity index (χ4n) is 3.18. The third-order valence-electron chi connectivity index (χ3n) is 4.56. The van der Waals surface area contributed by atoms with Crippen molar-refractivity contribution < 1.29 is 9.66 Å². The molecular weight excluding hydrogens is 292 g/mol. The lowest BCUT2D eigenvalue weighted by atomic mass is 9.88. The number of allylic oxidation sites excluding steroid dienone is 2. The average molecular weight is 312 g/mol. The highest BCUT2D eigenvalue weighted by Gasteiger charge is 2.35. The van der Waals surface area contributed by atoms with E-state index >= 15 is 0 Å². The molecule has 1 saturated heterocycles. The fourth-order valence-corrected chi connectivity index (χ4v) is 3.18. The molecule has 0 aromatic heterocycles. The summed E-state index contributed by atoms with van der Waals surface area (Å²) in [6.45, 7) is 6.23. The van der Waals surface area contributed by atoms with Crippen molar-refractivity contribution in [1.82, 2.24) is 4.90 Å². The molecule has 23 heavy (non-hydrogen) atoms. The first-order valence-electron chi connectivity index (χ1n) is 7.73. The van der Waals surface area contributed by atoms with Crippen LogP contribution in [0.15, 0.2) is 61.2 Å². The number of hydrogen-bond acceptors (Lipinski definition) is 4. The average Bonchev–Trinajstić information content (AvgIpc) is 2.62. The quantitative estimate of drug-likeness (QED) is 0.486. The molecule has 0 bridgehead atoms. The highest BCUT2D eigenvalue weighted by molar-refractivity contribution is 5.34. The lowest BCUT2D eigenvalue weighted by Crippen LogP contribution is -2.52. The van der Waals surface area contributed by atoms with Crippen LogP contribution in [0, 0.1) is 10.1 Å². The number of nitro groups is 1. The zero-order valence-electron chi connectivity index (χ0n) is 12.9. The van der Waals surface area contributed by atoms with E-state index in [1.54, 1.807) is 12.1 Å². The number of nitrogens with zero attached hydrogens (tertiary/aromatic N) is 2. The largest absolute Gasteiger partial charge is 0.371 e. The Bertz CT molecular complexity index is 651. The Hall–Kier alpha value is -2.24. The van der Waals surface area contributed by atoms with E-state index in [0.717, 1.165) is 25.1 Å². The third kappa shape index (κ3) is 3.11. The molecule has 1 fully saturated rings. The van der Waals surface area contributed by atoms with Gasteiger partial charge in [-0.15, -0.1) is 6.58 Å². The highest BCUT2D eigenvalue weighted by atomic mass is 16.6. The number of benzene rings is 1. The van der Waals surface area contributed by atoms with Crippen LogP contribution in [-0.4, -0.2) is 35.1 Å². The lowest BCUT2D eigenvalue weighted by molar-refractivity contribution is -0.384. The molecule has 5 heteroatoms. The van der Waals surface area contributed by atoms with Crippen molar-refractivity contribution in [2.75, 3.05) is 19.7 Å². The van der Waals surface area contributed by atoms with Gasteiger partial charge in [0.2, 0.25) is 0 Å². The number of hydrogen-bond donors (Lipinski definition) is 0. The summed E-state index contributed by atoms with van der Waals surface area (Å²) in [5.41, 5.74) is 0.900. The van der Waals surface area contributed by atoms with Gasteiger partial charge < -0.3 is 4.74 Å². The first-order valence-corrected chi connectivity index (χ1v) is 7.73. The Morgan fingerprint density at radius 3 is 2.74 bits per heavy atom. The van der Waals surface area contributed by atoms with Crippen LogP contribution in [0.5, 0.6) is 0 Å². The van der Waals surface area contributed by atoms with Crippen molar-refractivity contribution >= 4 is 5.69 Å². The first kappa shape index (κ1) is 15.6. The minimum Gasteiger partial charge on any atom is -0.371 e. The maximum absolute atomic E-state index is 10.8. The molecule has 2 aliphatic rings. The number of non-ortho nitro benzene ring substituents is 1. The van der Waals surface area contributed by atoms with Gasteiger partial charge in [0.1, 0.15) is 0 Å². The topological polar surface area (TPSA) is 55.6 Å². The van der Waals surface area contributed by atoms with Crippen LogP contribution in [0.1, 0.15) is 18.1 Å². The van der Waals surface area contributed by atoms with E-state index in [9.17, 15) is 10.1 Å². The molecule has 0 amide bonds. The van der Waals surface area contributed by atoms with Crippen molar-refractivity contribution in [3.8, 4) is 0 Å². The standard InChI is InChI=1S/C18H20N2O3/c1-2-18(10-4-3-5-11-18)19-12-13-23-17(14-19)15-6-8-16(9-7-15)20(21)22/h2-10,17H,1,11-14H2/t17-,18+/m0/s1. The van der Waals surface area contributed by atoms with Gasteiger partial charge in [0.15, 0.2) is 0 Å². The van der Waals surface area contributed by atoms with E-state index in [0.29, 0.717) is 6.61 Å². The van der Waals surface area contributed by atoms with E-state index in [4.69, 9.17) is 4.74 Å². The van der Waals surface area contributed by atoms with E-state index in [-0.39, 0.29) is 22.3 Å². The second-order valence-corrected chi connectivity index (χ2v) is 5.84. The van der Waals surface area contributed by atoms with Crippen LogP contribution in [-0.2, 0) is 4.74 Å². The molecule has 1 aromatic carbocycles. The number of nitro benzene ring substituents is 1. The van der Waals surface area contributed by atoms with Gasteiger partial charge in [-0.1, -0.05) is 30.4 Å². The number of rotatable bonds is 4. The molecule has 5 nitrogen and oxygen atoms in total. The van der Waals surface area contributed by atoms with Crippen molar-refractivity contribution in [3.05, 3.63) is 76.9 Å². The molecule has 0 N–H and O–H groups in total. The van der Waals surface area contributed by atoms with Crippen molar-refractivity contribution in [3.63, 3.8) is 0 Å². The lowest BCUT2D eigenvalue weighted by Gasteiger charge is -2.44. The molecule has 1 aliphatic heterocycles. The molecule has 0 spiro atoms. The Labute approximate surface area is 135 Å². The van der Waals surface area contributed by atoms with Gasteiger partial charge >= 0.3 is 0 Å². The molecule has 0 saturated carbocycles. The van der Waals surface area contributed by atoms with E-state index < -0.39 is 0 Å². The van der Waals surface area contributed by atoms with Gasteiger partial charge in [-0.2, -0.15) is 0 Å². The third-order valence-corrected chi connectivity index (χ3v) is 4.56. The predicted octanol–water partition coefficient (Wildman–Crippen LogP) is 3.41. The fraction of sp³-hybridized carbons (Fsp3) is 0.333. The summed E-state index contributed by atoms with van der Waals surface area (Å²) in [6, 6.07) is 6.63. The van der Waals surface area contributed by atoms with E-state index in [1.165, 1.54) is 12.1 Å². The minimum atomic E-state index is -0.385. The number of ether oxygens (including phenoxy) is 1. The van der Waals surface area contributed by atoms with Gasteiger partial charge in [0.25, 0.3) is 5.69 Å². The van der Waals surface area contributed by atoms with Crippen LogP contribution < -0.4 is 0 Å². The van der Waals surface area contributed by atoms with Crippen LogP contribution in [0.25, 0.3) is 0 Å². The summed E-state index contributed by atoms with van der Waals surface area (Å²) < 4.78 is 5.89. The summed E-state index contributed by atoms with van der Waals surface area (Å²) in [5, 5.41) is 10.8. The summed E-state index contributed by atoms with van der Waals surface area (Å²) >= 11 is 0. The maximum atomic E-state index is 10.8. The highest BCUT2D eigenvalue weighted by Crippen LogP contribution is 2.32. The smallest absolute Gasteiger partial charge is 0.269 e. The Kier molecular flexibility index (Phi) is 4.41. The Morgan fingerprint density at radius 1 is 1.35 bits per heavy atom. The molecule has 1 heterocycles. The Balaban J connectivity index is 1.78. The normalized spacial score (nSPS) is 27.7. The van der Waals surface area contributed by atoms with Crippen molar-refractivity contribution in [1.29, 1.82) is 0 Å². The maximum Gasteiger partial charge on any atom is 0.269 e. The first-order chi connectivity index (χ1) is 11.1. The molecule has 3 rings (SSSR count). The Morgan fingerprint density at radius 2 is 2.13 bits per heavy atom. The van der Waals surface area contributed by atoms with Gasteiger partial charge in [-0.25, -0.2) is 0 Å². The molecule has 1 aromatic rings. The monoisotopic (exact) mass is 312 g/mol. The van der Waals surface area contributed by atoms with Gasteiger partial charge in [0.05, 0.1) is 23.2 Å². The summed E-state index contributed by atoms with van der Waals surface area (Å²) in [4.78, 5) is 12.8. The molecular formula is C18H20N2O3. The molecule has 0 radical (unpaired) electrons. The predicted molar refractivity (Wildman–Crippen MR) is 89.2 cm³/mol. The molecule has 0 unspecified atom stereocenters. The zero-order valence-corrected chi connectivity index (χ0v) is 12.9. The van der Waals surface area contributed by atoms with Crippen LogP contribution >= 0.6 is 0 Å². The molecule has 1 aliphatic carbocycles. The summed E-state index contributed by atoms with van der Waals surface area (Å²) in [5.74, 6) is 0. The number of morpholine rings is 1. The van der Waals surface area contributed by atoms with Gasteiger partial charge in [0, 0.05) is 25.2 Å². The van der Waals surface area contributed by atoms with Crippen LogP contribution in [0.2, 0.25) is 0 Å². The van der Waals surface area contributed by atoms with E-state index in [2.05, 4.69) is 35.8 Å². The van der Waals surface area contributed by atoms with Crippen LogP contribution in [0.3, 0.4) is 0 Å². The van der Waals surface area contributed by atoms with Gasteiger partial charge in [-0.05, 0) is 24.1 Å². The summed E-state index contributed by atoms with van der Waals surface area (Å²) in [7, 11) is 0. The van der Waals surface area contributed by atoms with Crippen molar-refractivity contribution in [2.24, 2.45) is 0 Å². The second-order valence-electron chi connectivity index (χ2n) is 5.84. The van der Waals surface area contributed by atoms with Crippen LogP contribution in [0.4, 0.5) is 5.69 Å². The molecule has 120 valence electrons. The summed E-state index contributed by atoms with van der Waals surface area (Å²) in [6.07, 6.45) is 11.2. The SMILES string of the molecule is C=C[C@@]1(N2CCO[C@H](c3ccc([N+](=O)[O-])cc3)C2)C=CC=CC1. The van der Waals surface area contributed by atoms with Gasteiger partial charge in [-0.3, -0.25) is 15.0 Å². The van der Waals surface area contributed by atoms with E-state index in [1.807, 2.05) is 6.08 Å².